The number of rotatable bonds is 2. The van der Waals surface area contributed by atoms with E-state index in [4.69, 9.17) is 9.97 Å². The molecule has 0 saturated heterocycles. The van der Waals surface area contributed by atoms with E-state index in [1.807, 2.05) is 12.1 Å². The highest BCUT2D eigenvalue weighted by Gasteiger charge is 2.28. The van der Waals surface area contributed by atoms with Crippen molar-refractivity contribution < 1.29 is 0 Å². The van der Waals surface area contributed by atoms with Gasteiger partial charge in [-0.25, -0.2) is 9.97 Å². The van der Waals surface area contributed by atoms with Crippen LogP contribution in [0.25, 0.3) is 22.1 Å². The van der Waals surface area contributed by atoms with Crippen LogP contribution in [0.1, 0.15) is 49.2 Å². The number of H-pyrrole nitrogens is 2. The fourth-order valence-corrected chi connectivity index (χ4v) is 4.02. The molecule has 1 fully saturated rings. The number of para-hydroxylation sites is 4. The standard InChI is InChI=1S/C20H20N4/c1-2-9-16-15(8-1)21-19(22-16)13-6-5-7-14(12-13)20-23-17-10-3-4-11-18(17)24-20/h1-4,8-11,13-14H,5-7,12H2,(H,21,22)(H,23,24)/t13-,14-/m0/s1. The van der Waals surface area contributed by atoms with Crippen molar-refractivity contribution in [2.45, 2.75) is 37.5 Å². The first-order valence-electron chi connectivity index (χ1n) is 8.76. The van der Waals surface area contributed by atoms with Gasteiger partial charge in [-0.1, -0.05) is 30.7 Å². The summed E-state index contributed by atoms with van der Waals surface area (Å²) in [5.74, 6) is 3.25. The fourth-order valence-electron chi connectivity index (χ4n) is 4.02. The number of aromatic amines is 2. The molecule has 24 heavy (non-hydrogen) atoms. The molecule has 0 aliphatic heterocycles. The number of fused-ring (bicyclic) bond motifs is 2. The highest BCUT2D eigenvalue weighted by Crippen LogP contribution is 2.40. The molecule has 1 saturated carbocycles. The third kappa shape index (κ3) is 2.30. The maximum atomic E-state index is 4.82. The quantitative estimate of drug-likeness (QED) is 0.553. The van der Waals surface area contributed by atoms with Crippen molar-refractivity contribution in [3.63, 3.8) is 0 Å². The van der Waals surface area contributed by atoms with Crippen LogP contribution in [0.4, 0.5) is 0 Å². The molecule has 2 N–H and O–H groups in total. The molecule has 120 valence electrons. The molecule has 0 amide bonds. The summed E-state index contributed by atoms with van der Waals surface area (Å²) in [4.78, 5) is 16.7. The van der Waals surface area contributed by atoms with E-state index in [1.54, 1.807) is 0 Å². The summed E-state index contributed by atoms with van der Waals surface area (Å²) in [6.07, 6.45) is 4.75. The van der Waals surface area contributed by atoms with E-state index < -0.39 is 0 Å². The lowest BCUT2D eigenvalue weighted by Crippen LogP contribution is -2.15. The Bertz CT molecular complexity index is 851. The molecular weight excluding hydrogens is 296 g/mol. The molecule has 5 rings (SSSR count). The Labute approximate surface area is 140 Å². The van der Waals surface area contributed by atoms with Crippen LogP contribution in [-0.2, 0) is 0 Å². The molecule has 2 aromatic carbocycles. The van der Waals surface area contributed by atoms with Gasteiger partial charge in [0.05, 0.1) is 22.1 Å². The molecule has 0 bridgehead atoms. The van der Waals surface area contributed by atoms with Gasteiger partial charge < -0.3 is 9.97 Å². The minimum Gasteiger partial charge on any atom is -0.342 e. The second-order valence-electron chi connectivity index (χ2n) is 6.84. The Morgan fingerprint density at radius 2 is 1.21 bits per heavy atom. The van der Waals surface area contributed by atoms with Crippen molar-refractivity contribution >= 4 is 22.1 Å². The molecule has 2 heterocycles. The van der Waals surface area contributed by atoms with Crippen molar-refractivity contribution in [3.8, 4) is 0 Å². The third-order valence-corrected chi connectivity index (χ3v) is 5.26. The molecule has 0 radical (unpaired) electrons. The Morgan fingerprint density at radius 3 is 1.71 bits per heavy atom. The average Bonchev–Trinajstić information content (AvgIpc) is 3.26. The second-order valence-corrected chi connectivity index (χ2v) is 6.84. The maximum absolute atomic E-state index is 4.82. The number of hydrogen-bond donors (Lipinski definition) is 2. The van der Waals surface area contributed by atoms with Gasteiger partial charge in [0, 0.05) is 11.8 Å². The first-order valence-corrected chi connectivity index (χ1v) is 8.76. The second kappa shape index (κ2) is 5.48. The van der Waals surface area contributed by atoms with Gasteiger partial charge in [0.2, 0.25) is 0 Å². The van der Waals surface area contributed by atoms with Gasteiger partial charge in [0.15, 0.2) is 0 Å². The van der Waals surface area contributed by atoms with Crippen molar-refractivity contribution in [2.24, 2.45) is 0 Å². The maximum Gasteiger partial charge on any atom is 0.110 e. The van der Waals surface area contributed by atoms with E-state index >= 15 is 0 Å². The predicted octanol–water partition coefficient (Wildman–Crippen LogP) is 4.88. The highest BCUT2D eigenvalue weighted by atomic mass is 14.9. The van der Waals surface area contributed by atoms with Crippen molar-refractivity contribution in [1.29, 1.82) is 0 Å². The Hall–Kier alpha value is -2.62. The normalized spacial score (nSPS) is 21.5. The van der Waals surface area contributed by atoms with E-state index in [1.165, 1.54) is 19.3 Å². The summed E-state index contributed by atoms with van der Waals surface area (Å²) >= 11 is 0. The molecule has 2 atom stereocenters. The zero-order valence-corrected chi connectivity index (χ0v) is 13.5. The number of imidazole rings is 2. The van der Waals surface area contributed by atoms with Gasteiger partial charge in [-0.05, 0) is 43.5 Å². The van der Waals surface area contributed by atoms with Crippen LogP contribution < -0.4 is 0 Å². The largest absolute Gasteiger partial charge is 0.342 e. The average molecular weight is 316 g/mol. The Balaban J connectivity index is 1.45. The molecule has 4 heteroatoms. The molecule has 4 aromatic rings. The van der Waals surface area contributed by atoms with Gasteiger partial charge in [0.1, 0.15) is 11.6 Å². The molecule has 4 nitrogen and oxygen atoms in total. The minimum atomic E-state index is 0.490. The van der Waals surface area contributed by atoms with Crippen molar-refractivity contribution in [3.05, 3.63) is 60.2 Å². The van der Waals surface area contributed by atoms with Crippen LogP contribution >= 0.6 is 0 Å². The van der Waals surface area contributed by atoms with Gasteiger partial charge >= 0.3 is 0 Å². The minimum absolute atomic E-state index is 0.490. The summed E-state index contributed by atoms with van der Waals surface area (Å²) in [5, 5.41) is 0. The summed E-state index contributed by atoms with van der Waals surface area (Å²) < 4.78 is 0. The van der Waals surface area contributed by atoms with E-state index in [9.17, 15) is 0 Å². The van der Waals surface area contributed by atoms with Crippen LogP contribution in [0.15, 0.2) is 48.5 Å². The van der Waals surface area contributed by atoms with Crippen LogP contribution in [-0.4, -0.2) is 19.9 Å². The lowest BCUT2D eigenvalue weighted by molar-refractivity contribution is 0.376. The zero-order chi connectivity index (χ0) is 15.9. The molecule has 2 aromatic heterocycles. The summed E-state index contributed by atoms with van der Waals surface area (Å²) in [7, 11) is 0. The van der Waals surface area contributed by atoms with E-state index in [-0.39, 0.29) is 0 Å². The third-order valence-electron chi connectivity index (χ3n) is 5.26. The first-order chi connectivity index (χ1) is 11.9. The number of nitrogens with one attached hydrogen (secondary N) is 2. The summed E-state index contributed by atoms with van der Waals surface area (Å²) in [5.41, 5.74) is 4.41. The zero-order valence-electron chi connectivity index (χ0n) is 13.5. The monoisotopic (exact) mass is 316 g/mol. The lowest BCUT2D eigenvalue weighted by atomic mass is 9.80. The van der Waals surface area contributed by atoms with Crippen molar-refractivity contribution in [1.82, 2.24) is 19.9 Å². The topological polar surface area (TPSA) is 57.4 Å². The molecule has 1 aliphatic rings. The van der Waals surface area contributed by atoms with Crippen molar-refractivity contribution in [2.75, 3.05) is 0 Å². The molecule has 1 aliphatic carbocycles. The Morgan fingerprint density at radius 1 is 0.708 bits per heavy atom. The van der Waals surface area contributed by atoms with Crippen LogP contribution in [0.5, 0.6) is 0 Å². The Kier molecular flexibility index (Phi) is 3.15. The van der Waals surface area contributed by atoms with Crippen LogP contribution in [0, 0.1) is 0 Å². The fraction of sp³-hybridized carbons (Fsp3) is 0.300. The van der Waals surface area contributed by atoms with E-state index in [0.29, 0.717) is 11.8 Å². The summed E-state index contributed by atoms with van der Waals surface area (Å²) in [6, 6.07) is 16.6. The number of benzene rings is 2. The molecular formula is C20H20N4. The smallest absolute Gasteiger partial charge is 0.110 e. The predicted molar refractivity (Wildman–Crippen MR) is 96.1 cm³/mol. The first kappa shape index (κ1) is 13.8. The number of nitrogens with zero attached hydrogens (tertiary/aromatic N) is 2. The van der Waals surface area contributed by atoms with Gasteiger partial charge in [-0.3, -0.25) is 0 Å². The SMILES string of the molecule is c1ccc2[nH]c([C@H]3CCC[C@H](c4nc5ccccc5[nH]4)C3)nc2c1. The van der Waals surface area contributed by atoms with Crippen LogP contribution in [0.2, 0.25) is 0 Å². The summed E-state index contributed by atoms with van der Waals surface area (Å²) in [6.45, 7) is 0. The van der Waals surface area contributed by atoms with Crippen LogP contribution in [0.3, 0.4) is 0 Å². The lowest BCUT2D eigenvalue weighted by Gasteiger charge is -2.26. The molecule has 0 unspecified atom stereocenters. The van der Waals surface area contributed by atoms with E-state index in [2.05, 4.69) is 46.4 Å². The van der Waals surface area contributed by atoms with E-state index in [0.717, 1.165) is 40.1 Å². The molecule has 0 spiro atoms. The van der Waals surface area contributed by atoms with Gasteiger partial charge in [-0.15, -0.1) is 0 Å². The number of aromatic nitrogens is 4. The number of hydrogen-bond acceptors (Lipinski definition) is 2. The van der Waals surface area contributed by atoms with Gasteiger partial charge in [-0.2, -0.15) is 0 Å². The van der Waals surface area contributed by atoms with Gasteiger partial charge in [0.25, 0.3) is 0 Å². The highest BCUT2D eigenvalue weighted by molar-refractivity contribution is 5.75.